The van der Waals surface area contributed by atoms with Crippen LogP contribution in [0, 0.1) is 11.7 Å². The van der Waals surface area contributed by atoms with E-state index in [1.807, 2.05) is 32.3 Å². The van der Waals surface area contributed by atoms with E-state index in [4.69, 9.17) is 4.74 Å². The van der Waals surface area contributed by atoms with Crippen molar-refractivity contribution >= 4 is 28.6 Å². The third kappa shape index (κ3) is 7.81. The maximum absolute atomic E-state index is 15.4. The third-order valence-electron chi connectivity index (χ3n) is 6.54. The topological polar surface area (TPSA) is 98.5 Å². The Bertz CT molecular complexity index is 1370. The average molecular weight is 569 g/mol. The van der Waals surface area contributed by atoms with Crippen LogP contribution in [0.25, 0.3) is 11.1 Å². The summed E-state index contributed by atoms with van der Waals surface area (Å²) >= 11 is 1.08. The molecule has 0 saturated heterocycles. The first-order valence-corrected chi connectivity index (χ1v) is 14.5. The number of carbonyl (C=O) groups excluding carboxylic acids is 2. The smallest absolute Gasteiger partial charge is 0.336 e. The average Bonchev–Trinajstić information content (AvgIpc) is 3.23. The molecule has 2 aromatic carbocycles. The first kappa shape index (κ1) is 31.1. The van der Waals surface area contributed by atoms with Gasteiger partial charge in [-0.2, -0.15) is 0 Å². The number of Topliss-reactive ketones (excluding diaryl/α,β-unsaturated/α-hetero) is 1. The van der Waals surface area contributed by atoms with Crippen LogP contribution in [0.4, 0.5) is 4.39 Å². The van der Waals surface area contributed by atoms with E-state index in [9.17, 15) is 19.5 Å². The number of hydrogen-bond donors (Lipinski definition) is 1. The summed E-state index contributed by atoms with van der Waals surface area (Å²) in [6, 6.07) is 11.5. The molecule has 3 rings (SSSR count). The number of aromatic carboxylic acids is 1. The van der Waals surface area contributed by atoms with Gasteiger partial charge in [0.15, 0.2) is 5.12 Å². The highest BCUT2D eigenvalue weighted by atomic mass is 32.2. The predicted octanol–water partition coefficient (Wildman–Crippen LogP) is 6.59. The summed E-state index contributed by atoms with van der Waals surface area (Å²) in [4.78, 5) is 41.2. The molecule has 0 amide bonds. The van der Waals surface area contributed by atoms with Gasteiger partial charge in [-0.25, -0.2) is 14.2 Å². The number of benzene rings is 2. The number of hydrogen-bond acceptors (Lipinski definition) is 6. The SMILES string of the molecule is CCOc1nc(CC)c(CCC(=O)[C@H](CC(C)C)SC(C)=O)n1Cc1ccc(-c2ccccc2C(=O)O)cc1F. The van der Waals surface area contributed by atoms with Gasteiger partial charge < -0.3 is 9.84 Å². The zero-order chi connectivity index (χ0) is 29.4. The number of carboxylic acids is 1. The predicted molar refractivity (Wildman–Crippen MR) is 156 cm³/mol. The van der Waals surface area contributed by atoms with E-state index >= 15 is 4.39 Å². The first-order valence-electron chi connectivity index (χ1n) is 13.6. The molecular weight excluding hydrogens is 531 g/mol. The lowest BCUT2D eigenvalue weighted by Crippen LogP contribution is -2.22. The molecule has 0 bridgehead atoms. The van der Waals surface area contributed by atoms with Crippen LogP contribution in [-0.2, 0) is 29.0 Å². The van der Waals surface area contributed by atoms with Crippen molar-refractivity contribution in [3.63, 3.8) is 0 Å². The van der Waals surface area contributed by atoms with E-state index in [0.29, 0.717) is 48.6 Å². The molecule has 0 aliphatic carbocycles. The fourth-order valence-corrected chi connectivity index (χ4v) is 5.82. The van der Waals surface area contributed by atoms with E-state index < -0.39 is 17.0 Å². The van der Waals surface area contributed by atoms with Crippen molar-refractivity contribution in [1.29, 1.82) is 0 Å². The van der Waals surface area contributed by atoms with Crippen molar-refractivity contribution in [1.82, 2.24) is 9.55 Å². The Morgan fingerprint density at radius 3 is 2.45 bits per heavy atom. The molecule has 9 heteroatoms. The Morgan fingerprint density at radius 2 is 1.85 bits per heavy atom. The van der Waals surface area contributed by atoms with Gasteiger partial charge in [-0.15, -0.1) is 0 Å². The Balaban J connectivity index is 1.93. The molecule has 0 fully saturated rings. The minimum Gasteiger partial charge on any atom is -0.478 e. The Hall–Kier alpha value is -3.46. The second-order valence-corrected chi connectivity index (χ2v) is 11.4. The Kier molecular flexibility index (Phi) is 11.1. The summed E-state index contributed by atoms with van der Waals surface area (Å²) in [5.41, 5.74) is 2.97. The number of imidazole rings is 1. The maximum Gasteiger partial charge on any atom is 0.336 e. The van der Waals surface area contributed by atoms with Crippen molar-refractivity contribution < 1.29 is 28.6 Å². The lowest BCUT2D eigenvalue weighted by atomic mass is 9.98. The quantitative estimate of drug-likeness (QED) is 0.234. The van der Waals surface area contributed by atoms with E-state index in [1.54, 1.807) is 30.3 Å². The number of carbonyl (C=O) groups is 3. The molecule has 0 aliphatic rings. The number of aryl methyl sites for hydroxylation is 1. The van der Waals surface area contributed by atoms with E-state index in [1.165, 1.54) is 19.1 Å². The number of ether oxygens (including phenoxy) is 1. The van der Waals surface area contributed by atoms with Crippen LogP contribution in [0.5, 0.6) is 6.01 Å². The molecule has 0 unspecified atom stereocenters. The fraction of sp³-hybridized carbons (Fsp3) is 0.419. The minimum absolute atomic E-state index is 0.00860. The van der Waals surface area contributed by atoms with Gasteiger partial charge in [0.05, 0.1) is 29.7 Å². The lowest BCUT2D eigenvalue weighted by Gasteiger charge is -2.17. The largest absolute Gasteiger partial charge is 0.478 e. The second-order valence-electron chi connectivity index (χ2n) is 10.0. The number of carboxylic acid groups (broad SMARTS) is 1. The van der Waals surface area contributed by atoms with Gasteiger partial charge in [-0.1, -0.05) is 62.9 Å². The molecular formula is C31H37FN2O5S. The minimum atomic E-state index is -1.08. The highest BCUT2D eigenvalue weighted by Crippen LogP contribution is 2.29. The lowest BCUT2D eigenvalue weighted by molar-refractivity contribution is -0.119. The molecule has 1 aromatic heterocycles. The summed E-state index contributed by atoms with van der Waals surface area (Å²) in [5.74, 6) is -1.28. The van der Waals surface area contributed by atoms with Crippen molar-refractivity contribution in [2.24, 2.45) is 5.92 Å². The number of ketones is 1. The van der Waals surface area contributed by atoms with Gasteiger partial charge >= 0.3 is 5.97 Å². The van der Waals surface area contributed by atoms with E-state index in [0.717, 1.165) is 23.1 Å². The number of halogens is 1. The number of nitrogens with zero attached hydrogens (tertiary/aromatic N) is 2. The van der Waals surface area contributed by atoms with Crippen LogP contribution < -0.4 is 4.74 Å². The van der Waals surface area contributed by atoms with Crippen LogP contribution in [0.1, 0.15) is 74.8 Å². The van der Waals surface area contributed by atoms with Crippen molar-refractivity contribution in [2.45, 2.75) is 72.1 Å². The standard InChI is InChI=1S/C31H37FN2O5S/c1-6-26-27(14-15-28(36)29(16-19(3)4)40-20(5)35)34(31(33-26)39-7-2)18-22-13-12-21(17-25(22)32)23-10-8-9-11-24(23)30(37)38/h8-13,17,19,29H,6-7,14-16,18H2,1-5H3,(H,37,38)/t29-/m0/s1. The van der Waals surface area contributed by atoms with Gasteiger partial charge in [0.2, 0.25) is 0 Å². The van der Waals surface area contributed by atoms with Crippen LogP contribution in [0.15, 0.2) is 42.5 Å². The summed E-state index contributed by atoms with van der Waals surface area (Å²) in [5, 5.41) is 9.05. The molecule has 0 spiro atoms. The van der Waals surface area contributed by atoms with Crippen molar-refractivity contribution in [2.75, 3.05) is 6.61 Å². The molecule has 7 nitrogen and oxygen atoms in total. The van der Waals surface area contributed by atoms with Crippen LogP contribution in [0.2, 0.25) is 0 Å². The molecule has 1 heterocycles. The van der Waals surface area contributed by atoms with E-state index in [2.05, 4.69) is 4.98 Å². The number of rotatable bonds is 14. The highest BCUT2D eigenvalue weighted by Gasteiger charge is 2.25. The van der Waals surface area contributed by atoms with Crippen LogP contribution in [-0.4, -0.2) is 43.4 Å². The fourth-order valence-electron chi connectivity index (χ4n) is 4.69. The Labute approximate surface area is 239 Å². The summed E-state index contributed by atoms with van der Waals surface area (Å²) < 4.78 is 23.1. The normalized spacial score (nSPS) is 12.0. The Morgan fingerprint density at radius 1 is 1.12 bits per heavy atom. The van der Waals surface area contributed by atoms with Crippen molar-refractivity contribution in [3.8, 4) is 17.1 Å². The number of aromatic nitrogens is 2. The maximum atomic E-state index is 15.4. The molecule has 1 atom stereocenters. The van der Waals surface area contributed by atoms with Gasteiger partial charge in [-0.05, 0) is 55.4 Å². The monoisotopic (exact) mass is 568 g/mol. The zero-order valence-electron chi connectivity index (χ0n) is 23.7. The van der Waals surface area contributed by atoms with Crippen LogP contribution in [0.3, 0.4) is 0 Å². The summed E-state index contributed by atoms with van der Waals surface area (Å²) in [7, 11) is 0. The molecule has 0 aliphatic heterocycles. The second kappa shape index (κ2) is 14.3. The molecule has 0 saturated carbocycles. The van der Waals surface area contributed by atoms with Gasteiger partial charge in [0.25, 0.3) is 6.01 Å². The summed E-state index contributed by atoms with van der Waals surface area (Å²) in [6.07, 6.45) is 1.85. The first-order chi connectivity index (χ1) is 19.0. The van der Waals surface area contributed by atoms with Gasteiger partial charge in [-0.3, -0.25) is 14.2 Å². The molecule has 0 radical (unpaired) electrons. The third-order valence-corrected chi connectivity index (χ3v) is 7.61. The van der Waals surface area contributed by atoms with Crippen LogP contribution >= 0.6 is 11.8 Å². The summed E-state index contributed by atoms with van der Waals surface area (Å²) in [6.45, 7) is 9.85. The van der Waals surface area contributed by atoms with Crippen molar-refractivity contribution in [3.05, 3.63) is 70.8 Å². The van der Waals surface area contributed by atoms with E-state index in [-0.39, 0.29) is 35.3 Å². The zero-order valence-corrected chi connectivity index (χ0v) is 24.5. The molecule has 214 valence electrons. The molecule has 40 heavy (non-hydrogen) atoms. The highest BCUT2D eigenvalue weighted by molar-refractivity contribution is 8.14. The molecule has 3 aromatic rings. The molecule has 1 N–H and O–H groups in total. The van der Waals surface area contributed by atoms with Gasteiger partial charge in [0, 0.05) is 24.6 Å². The van der Waals surface area contributed by atoms with Gasteiger partial charge in [0.1, 0.15) is 11.6 Å². The number of thioether (sulfide) groups is 1.